The van der Waals surface area contributed by atoms with Gasteiger partial charge in [-0.25, -0.2) is 0 Å². The molecule has 0 saturated carbocycles. The zero-order valence-electron chi connectivity index (χ0n) is 8.38. The second-order valence-corrected chi connectivity index (χ2v) is 3.28. The fourth-order valence-electron chi connectivity index (χ4n) is 1.35. The Hall–Kier alpha value is -2.15. The van der Waals surface area contributed by atoms with E-state index in [1.165, 1.54) is 0 Å². The van der Waals surface area contributed by atoms with Gasteiger partial charge in [0.15, 0.2) is 0 Å². The first-order valence-electron chi connectivity index (χ1n) is 4.65. The van der Waals surface area contributed by atoms with Crippen LogP contribution < -0.4 is 0 Å². The molecule has 0 aliphatic carbocycles. The van der Waals surface area contributed by atoms with Gasteiger partial charge in [0.1, 0.15) is 0 Å². The average Bonchev–Trinajstić information content (AvgIpc) is 2.66. The lowest BCUT2D eigenvalue weighted by Crippen LogP contribution is -1.99. The van der Waals surface area contributed by atoms with Crippen molar-refractivity contribution < 1.29 is 0 Å². The molecule has 0 unspecified atom stereocenters. The van der Waals surface area contributed by atoms with Crippen LogP contribution in [0.3, 0.4) is 0 Å². The zero-order chi connectivity index (χ0) is 10.7. The molecule has 2 rings (SSSR count). The fraction of sp³-hybridized carbons (Fsp3) is 0.182. The number of benzene rings is 1. The Morgan fingerprint density at radius 2 is 2.33 bits per heavy atom. The van der Waals surface area contributed by atoms with Crippen molar-refractivity contribution in [2.24, 2.45) is 0 Å². The van der Waals surface area contributed by atoms with E-state index in [-0.39, 0.29) is 0 Å². The predicted octanol–water partition coefficient (Wildman–Crippen LogP) is 1.64. The van der Waals surface area contributed by atoms with E-state index in [1.54, 1.807) is 11.0 Å². The maximum atomic E-state index is 8.60. The van der Waals surface area contributed by atoms with E-state index in [9.17, 15) is 0 Å². The van der Waals surface area contributed by atoms with Gasteiger partial charge in [-0.05, 0) is 24.6 Å². The third-order valence-electron chi connectivity index (χ3n) is 2.03. The summed E-state index contributed by atoms with van der Waals surface area (Å²) >= 11 is 0. The predicted molar refractivity (Wildman–Crippen MR) is 55.4 cm³/mol. The first-order valence-corrected chi connectivity index (χ1v) is 4.65. The number of hydrogen-bond acceptors (Lipinski definition) is 3. The molecule has 15 heavy (non-hydrogen) atoms. The Morgan fingerprint density at radius 3 is 3.00 bits per heavy atom. The van der Waals surface area contributed by atoms with E-state index in [2.05, 4.69) is 16.3 Å². The molecular formula is C11H10N4. The highest BCUT2D eigenvalue weighted by Gasteiger charge is 2.00. The highest BCUT2D eigenvalue weighted by molar-refractivity contribution is 5.35. The van der Waals surface area contributed by atoms with Crippen LogP contribution in [-0.2, 0) is 6.42 Å². The van der Waals surface area contributed by atoms with Gasteiger partial charge in [0.25, 0.3) is 0 Å². The van der Waals surface area contributed by atoms with Crippen LogP contribution in [0.5, 0.6) is 0 Å². The fourth-order valence-corrected chi connectivity index (χ4v) is 1.35. The minimum Gasteiger partial charge on any atom is -0.198 e. The molecule has 0 amide bonds. The van der Waals surface area contributed by atoms with Gasteiger partial charge in [0.05, 0.1) is 30.1 Å². The first-order chi connectivity index (χ1) is 7.29. The smallest absolute Gasteiger partial charge is 0.0859 e. The molecule has 0 radical (unpaired) electrons. The summed E-state index contributed by atoms with van der Waals surface area (Å²) in [6.45, 7) is 1.89. The summed E-state index contributed by atoms with van der Waals surface area (Å²) in [6, 6.07) is 9.78. The maximum Gasteiger partial charge on any atom is 0.0859 e. The van der Waals surface area contributed by atoms with Crippen LogP contribution in [0, 0.1) is 18.3 Å². The molecule has 0 N–H and O–H groups in total. The van der Waals surface area contributed by atoms with Crippen molar-refractivity contribution in [1.82, 2.24) is 15.0 Å². The average molecular weight is 198 g/mol. The summed E-state index contributed by atoms with van der Waals surface area (Å²) in [5, 5.41) is 16.9. The molecule has 0 aliphatic heterocycles. The number of hydrogen-bond donors (Lipinski definition) is 0. The summed E-state index contributed by atoms with van der Waals surface area (Å²) in [5.41, 5.74) is 2.74. The summed E-state index contributed by atoms with van der Waals surface area (Å²) in [6.07, 6.45) is 2.12. The van der Waals surface area contributed by atoms with Crippen LogP contribution in [0.2, 0.25) is 0 Å². The van der Waals surface area contributed by atoms with Crippen LogP contribution in [0.4, 0.5) is 0 Å². The second kappa shape index (κ2) is 3.93. The molecule has 0 saturated heterocycles. The molecule has 4 heteroatoms. The summed E-state index contributed by atoms with van der Waals surface area (Å²) in [7, 11) is 0. The molecule has 74 valence electrons. The minimum atomic E-state index is 0.411. The van der Waals surface area contributed by atoms with Crippen molar-refractivity contribution in [3.8, 4) is 11.8 Å². The van der Waals surface area contributed by atoms with Crippen LogP contribution in [-0.4, -0.2) is 15.0 Å². The van der Waals surface area contributed by atoms with Crippen molar-refractivity contribution in [3.05, 3.63) is 41.7 Å². The molecular weight excluding hydrogens is 188 g/mol. The van der Waals surface area contributed by atoms with Gasteiger partial charge in [-0.15, -0.1) is 0 Å². The largest absolute Gasteiger partial charge is 0.198 e. The summed E-state index contributed by atoms with van der Waals surface area (Å²) in [4.78, 5) is 1.57. The number of aromatic nitrogens is 3. The molecule has 0 atom stereocenters. The summed E-state index contributed by atoms with van der Waals surface area (Å²) in [5.74, 6) is 0. The Kier molecular flexibility index (Phi) is 2.46. The second-order valence-electron chi connectivity index (χ2n) is 3.28. The van der Waals surface area contributed by atoms with Crippen molar-refractivity contribution in [2.75, 3.05) is 0 Å². The number of nitriles is 1. The van der Waals surface area contributed by atoms with Crippen LogP contribution in [0.25, 0.3) is 5.69 Å². The van der Waals surface area contributed by atoms with Gasteiger partial charge >= 0.3 is 0 Å². The van der Waals surface area contributed by atoms with E-state index in [0.29, 0.717) is 6.42 Å². The van der Waals surface area contributed by atoms with Crippen LogP contribution >= 0.6 is 0 Å². The standard InChI is InChI=1S/C11H10N4/c1-9-8-13-15(14-9)11-4-2-3-10(7-11)5-6-12/h2-4,7-8H,5H2,1H3. The SMILES string of the molecule is Cc1cnn(-c2cccc(CC#N)c2)n1. The van der Waals surface area contributed by atoms with Crippen LogP contribution in [0.15, 0.2) is 30.5 Å². The zero-order valence-corrected chi connectivity index (χ0v) is 8.38. The van der Waals surface area contributed by atoms with Gasteiger partial charge < -0.3 is 0 Å². The number of nitrogens with zero attached hydrogens (tertiary/aromatic N) is 4. The third-order valence-corrected chi connectivity index (χ3v) is 2.03. The number of aryl methyl sites for hydroxylation is 1. The highest BCUT2D eigenvalue weighted by Crippen LogP contribution is 2.09. The van der Waals surface area contributed by atoms with Crippen molar-refractivity contribution in [1.29, 1.82) is 5.26 Å². The molecule has 0 bridgehead atoms. The van der Waals surface area contributed by atoms with Crippen molar-refractivity contribution in [3.63, 3.8) is 0 Å². The van der Waals surface area contributed by atoms with Gasteiger partial charge in [-0.3, -0.25) is 0 Å². The molecule has 1 heterocycles. The Balaban J connectivity index is 2.37. The quantitative estimate of drug-likeness (QED) is 0.737. The highest BCUT2D eigenvalue weighted by atomic mass is 15.5. The van der Waals surface area contributed by atoms with E-state index in [1.807, 2.05) is 31.2 Å². The Bertz CT molecular complexity index is 507. The van der Waals surface area contributed by atoms with Crippen molar-refractivity contribution in [2.45, 2.75) is 13.3 Å². The van der Waals surface area contributed by atoms with E-state index in [0.717, 1.165) is 16.9 Å². The minimum absolute atomic E-state index is 0.411. The lowest BCUT2D eigenvalue weighted by molar-refractivity contribution is 0.745. The number of rotatable bonds is 2. The van der Waals surface area contributed by atoms with Gasteiger partial charge in [-0.2, -0.15) is 20.3 Å². The van der Waals surface area contributed by atoms with E-state index >= 15 is 0 Å². The normalized spacial score (nSPS) is 9.87. The van der Waals surface area contributed by atoms with Gasteiger partial charge in [-0.1, -0.05) is 12.1 Å². The monoisotopic (exact) mass is 198 g/mol. The van der Waals surface area contributed by atoms with Crippen LogP contribution in [0.1, 0.15) is 11.3 Å². The van der Waals surface area contributed by atoms with Crippen molar-refractivity contribution >= 4 is 0 Å². The molecule has 0 spiro atoms. The lowest BCUT2D eigenvalue weighted by Gasteiger charge is -2.00. The molecule has 0 aliphatic rings. The topological polar surface area (TPSA) is 54.5 Å². The summed E-state index contributed by atoms with van der Waals surface area (Å²) < 4.78 is 0. The molecule has 4 nitrogen and oxygen atoms in total. The Morgan fingerprint density at radius 1 is 1.47 bits per heavy atom. The maximum absolute atomic E-state index is 8.60. The molecule has 2 aromatic rings. The molecule has 1 aromatic heterocycles. The lowest BCUT2D eigenvalue weighted by atomic mass is 10.1. The third kappa shape index (κ3) is 2.02. The van der Waals surface area contributed by atoms with Gasteiger partial charge in [0.2, 0.25) is 0 Å². The van der Waals surface area contributed by atoms with E-state index in [4.69, 9.17) is 5.26 Å². The Labute approximate surface area is 87.8 Å². The first kappa shape index (κ1) is 9.41. The molecule has 0 fully saturated rings. The van der Waals surface area contributed by atoms with E-state index < -0.39 is 0 Å². The van der Waals surface area contributed by atoms with Gasteiger partial charge in [0, 0.05) is 0 Å². The molecule has 1 aromatic carbocycles.